The van der Waals surface area contributed by atoms with Crippen molar-refractivity contribution in [1.29, 1.82) is 0 Å². The van der Waals surface area contributed by atoms with Crippen LogP contribution in [0.15, 0.2) is 24.3 Å². The lowest BCUT2D eigenvalue weighted by Gasteiger charge is -2.14. The average Bonchev–Trinajstić information content (AvgIpc) is 2.36. The zero-order chi connectivity index (χ0) is 13.4. The number of rotatable bonds is 7. The highest BCUT2D eigenvalue weighted by Gasteiger charge is 2.09. The number of nitrogens with one attached hydrogen (secondary N) is 1. The Kier molecular flexibility index (Phi) is 6.22. The van der Waals surface area contributed by atoms with Crippen LogP contribution in [0, 0.1) is 5.92 Å². The predicted octanol–water partition coefficient (Wildman–Crippen LogP) is 1.37. The van der Waals surface area contributed by atoms with Crippen LogP contribution >= 0.6 is 0 Å². The van der Waals surface area contributed by atoms with Gasteiger partial charge in [0.1, 0.15) is 5.75 Å². The summed E-state index contributed by atoms with van der Waals surface area (Å²) < 4.78 is 5.36. The van der Waals surface area contributed by atoms with Gasteiger partial charge in [0.25, 0.3) is 0 Å². The van der Waals surface area contributed by atoms with Crippen molar-refractivity contribution in [2.45, 2.75) is 20.3 Å². The van der Waals surface area contributed by atoms with E-state index in [4.69, 9.17) is 4.74 Å². The summed E-state index contributed by atoms with van der Waals surface area (Å²) in [7, 11) is 0. The van der Waals surface area contributed by atoms with Crippen LogP contribution in [0.5, 0.6) is 5.75 Å². The van der Waals surface area contributed by atoms with Crippen LogP contribution in [0.3, 0.4) is 0 Å². The number of hydrogen-bond acceptors (Lipinski definition) is 3. The molecular formula is C14H21NO3. The summed E-state index contributed by atoms with van der Waals surface area (Å²) in [6.07, 6.45) is 0.739. The number of amides is 1. The summed E-state index contributed by atoms with van der Waals surface area (Å²) in [5.41, 5.74) is 1.13. The highest BCUT2D eigenvalue weighted by Crippen LogP contribution is 2.14. The number of benzene rings is 1. The molecule has 0 bridgehead atoms. The molecule has 0 aromatic heterocycles. The second kappa shape index (κ2) is 7.71. The lowest BCUT2D eigenvalue weighted by atomic mass is 10.00. The molecule has 0 fully saturated rings. The van der Waals surface area contributed by atoms with E-state index in [9.17, 15) is 9.90 Å². The Morgan fingerprint density at radius 3 is 2.56 bits per heavy atom. The molecule has 0 radical (unpaired) electrons. The van der Waals surface area contributed by atoms with Crippen molar-refractivity contribution in [2.24, 2.45) is 5.92 Å². The smallest absolute Gasteiger partial charge is 0.216 e. The van der Waals surface area contributed by atoms with E-state index in [1.807, 2.05) is 31.2 Å². The van der Waals surface area contributed by atoms with Crippen molar-refractivity contribution in [3.63, 3.8) is 0 Å². The highest BCUT2D eigenvalue weighted by atomic mass is 16.5. The largest absolute Gasteiger partial charge is 0.494 e. The normalized spacial score (nSPS) is 11.9. The second-order valence-electron chi connectivity index (χ2n) is 4.27. The first-order valence-electron chi connectivity index (χ1n) is 6.22. The summed E-state index contributed by atoms with van der Waals surface area (Å²) in [5.74, 6) is 0.829. The van der Waals surface area contributed by atoms with Crippen LogP contribution in [-0.4, -0.2) is 30.8 Å². The first-order chi connectivity index (χ1) is 8.65. The molecule has 0 saturated carbocycles. The van der Waals surface area contributed by atoms with E-state index in [1.165, 1.54) is 6.92 Å². The van der Waals surface area contributed by atoms with Gasteiger partial charge in [0.05, 0.1) is 6.61 Å². The Morgan fingerprint density at radius 2 is 2.06 bits per heavy atom. The molecule has 1 amide bonds. The molecule has 18 heavy (non-hydrogen) atoms. The standard InChI is InChI=1S/C14H21NO3/c1-3-18-14-6-4-12(5-7-14)8-13(10-16)9-15-11(2)17/h4-7,13,16H,3,8-10H2,1-2H3,(H,15,17). The van der Waals surface area contributed by atoms with Crippen LogP contribution in [0.1, 0.15) is 19.4 Å². The molecule has 0 spiro atoms. The Labute approximate surface area is 108 Å². The molecule has 1 unspecified atom stereocenters. The zero-order valence-electron chi connectivity index (χ0n) is 11.0. The third-order valence-corrected chi connectivity index (χ3v) is 2.66. The maximum atomic E-state index is 10.8. The van der Waals surface area contributed by atoms with Crippen LogP contribution in [0.2, 0.25) is 0 Å². The molecule has 0 heterocycles. The molecule has 0 aliphatic rings. The van der Waals surface area contributed by atoms with Gasteiger partial charge in [0.15, 0.2) is 0 Å². The van der Waals surface area contributed by atoms with Crippen molar-refractivity contribution >= 4 is 5.91 Å². The van der Waals surface area contributed by atoms with Crippen LogP contribution in [0.25, 0.3) is 0 Å². The SMILES string of the molecule is CCOc1ccc(CC(CO)CNC(C)=O)cc1. The fourth-order valence-electron chi connectivity index (χ4n) is 1.71. The third kappa shape index (κ3) is 5.19. The quantitative estimate of drug-likeness (QED) is 0.769. The monoisotopic (exact) mass is 251 g/mol. The number of carbonyl (C=O) groups excluding carboxylic acids is 1. The molecule has 4 nitrogen and oxygen atoms in total. The minimum atomic E-state index is -0.0693. The summed E-state index contributed by atoms with van der Waals surface area (Å²) >= 11 is 0. The van der Waals surface area contributed by atoms with Gasteiger partial charge < -0.3 is 15.2 Å². The first kappa shape index (κ1) is 14.5. The average molecular weight is 251 g/mol. The van der Waals surface area contributed by atoms with Crippen molar-refractivity contribution in [1.82, 2.24) is 5.32 Å². The minimum absolute atomic E-state index is 0.0480. The highest BCUT2D eigenvalue weighted by molar-refractivity contribution is 5.72. The lowest BCUT2D eigenvalue weighted by molar-refractivity contribution is -0.119. The van der Waals surface area contributed by atoms with Gasteiger partial charge in [-0.3, -0.25) is 4.79 Å². The maximum Gasteiger partial charge on any atom is 0.216 e. The molecule has 100 valence electrons. The van der Waals surface area contributed by atoms with E-state index in [1.54, 1.807) is 0 Å². The van der Waals surface area contributed by atoms with Crippen molar-refractivity contribution in [3.05, 3.63) is 29.8 Å². The summed E-state index contributed by atoms with van der Waals surface area (Å²) in [4.78, 5) is 10.8. The second-order valence-corrected chi connectivity index (χ2v) is 4.27. The molecule has 4 heteroatoms. The summed E-state index contributed by atoms with van der Waals surface area (Å²) in [6.45, 7) is 4.64. The third-order valence-electron chi connectivity index (χ3n) is 2.66. The lowest BCUT2D eigenvalue weighted by Crippen LogP contribution is -2.30. The minimum Gasteiger partial charge on any atom is -0.494 e. The molecule has 1 aromatic rings. The molecule has 1 rings (SSSR count). The molecule has 1 aromatic carbocycles. The van der Waals surface area contributed by atoms with Crippen molar-refractivity contribution < 1.29 is 14.6 Å². The zero-order valence-corrected chi connectivity index (χ0v) is 11.0. The Bertz CT molecular complexity index is 362. The van der Waals surface area contributed by atoms with E-state index in [2.05, 4.69) is 5.32 Å². The summed E-state index contributed by atoms with van der Waals surface area (Å²) in [6, 6.07) is 7.82. The van der Waals surface area contributed by atoms with Gasteiger partial charge in [-0.15, -0.1) is 0 Å². The van der Waals surface area contributed by atoms with Gasteiger partial charge >= 0.3 is 0 Å². The number of aliphatic hydroxyl groups is 1. The van der Waals surface area contributed by atoms with Crippen molar-refractivity contribution in [2.75, 3.05) is 19.8 Å². The first-order valence-corrected chi connectivity index (χ1v) is 6.22. The van der Waals surface area contributed by atoms with E-state index in [0.29, 0.717) is 13.2 Å². The van der Waals surface area contributed by atoms with Gasteiger partial charge in [0.2, 0.25) is 5.91 Å². The van der Waals surface area contributed by atoms with Crippen LogP contribution in [-0.2, 0) is 11.2 Å². The van der Waals surface area contributed by atoms with Gasteiger partial charge in [0, 0.05) is 26.0 Å². The number of ether oxygens (including phenoxy) is 1. The number of hydrogen-bond donors (Lipinski definition) is 2. The van der Waals surface area contributed by atoms with E-state index in [0.717, 1.165) is 17.7 Å². The molecule has 0 aliphatic heterocycles. The molecule has 0 aliphatic carbocycles. The topological polar surface area (TPSA) is 58.6 Å². The predicted molar refractivity (Wildman–Crippen MR) is 70.6 cm³/mol. The van der Waals surface area contributed by atoms with Crippen molar-refractivity contribution in [3.8, 4) is 5.75 Å². The van der Waals surface area contributed by atoms with Gasteiger partial charge in [-0.1, -0.05) is 12.1 Å². The Balaban J connectivity index is 2.50. The summed E-state index contributed by atoms with van der Waals surface area (Å²) in [5, 5.41) is 12.0. The molecule has 2 N–H and O–H groups in total. The van der Waals surface area contributed by atoms with E-state index >= 15 is 0 Å². The number of carbonyl (C=O) groups is 1. The fraction of sp³-hybridized carbons (Fsp3) is 0.500. The van der Waals surface area contributed by atoms with Gasteiger partial charge in [-0.2, -0.15) is 0 Å². The van der Waals surface area contributed by atoms with E-state index < -0.39 is 0 Å². The Hall–Kier alpha value is -1.55. The van der Waals surface area contributed by atoms with Crippen LogP contribution in [0.4, 0.5) is 0 Å². The van der Waals surface area contributed by atoms with E-state index in [-0.39, 0.29) is 18.4 Å². The molecule has 0 saturated heterocycles. The van der Waals surface area contributed by atoms with Gasteiger partial charge in [-0.05, 0) is 31.0 Å². The fourth-order valence-corrected chi connectivity index (χ4v) is 1.71. The maximum absolute atomic E-state index is 10.8. The van der Waals surface area contributed by atoms with Gasteiger partial charge in [-0.25, -0.2) is 0 Å². The molecule has 1 atom stereocenters. The number of aliphatic hydroxyl groups excluding tert-OH is 1. The van der Waals surface area contributed by atoms with Crippen LogP contribution < -0.4 is 10.1 Å². The Morgan fingerprint density at radius 1 is 1.39 bits per heavy atom. The molecular weight excluding hydrogens is 230 g/mol.